The Morgan fingerprint density at radius 2 is 1.96 bits per heavy atom. The van der Waals surface area contributed by atoms with Crippen molar-refractivity contribution in [1.29, 1.82) is 0 Å². The minimum atomic E-state index is 0. The minimum Gasteiger partial charge on any atom is -0.355 e. The smallest absolute Gasteiger partial charge is 0.191 e. The molecule has 1 aliphatic rings. The molecule has 7 nitrogen and oxygen atoms in total. The lowest BCUT2D eigenvalue weighted by Crippen LogP contribution is -2.54. The topological polar surface area (TPSA) is 70.4 Å². The van der Waals surface area contributed by atoms with E-state index in [0.717, 1.165) is 18.3 Å². The van der Waals surface area contributed by atoms with Crippen molar-refractivity contribution < 1.29 is 0 Å². The highest BCUT2D eigenvalue weighted by molar-refractivity contribution is 14.0. The van der Waals surface area contributed by atoms with E-state index in [2.05, 4.69) is 44.6 Å². The number of hydrogen-bond acceptors (Lipinski definition) is 4. The second-order valence-corrected chi connectivity index (χ2v) is 6.50. The number of hydrogen-bond donors (Lipinski definition) is 2. The number of aryl methyl sites for hydroxylation is 1. The Balaban J connectivity index is 0.00000264. The number of piperidine rings is 1. The van der Waals surface area contributed by atoms with Crippen molar-refractivity contribution >= 4 is 29.9 Å². The quantitative estimate of drug-likeness (QED) is 0.415. The van der Waals surface area contributed by atoms with Gasteiger partial charge in [-0.3, -0.25) is 9.89 Å². The van der Waals surface area contributed by atoms with Gasteiger partial charge in [-0.05, 0) is 39.8 Å². The molecule has 1 fully saturated rings. The number of likely N-dealkylation sites (tertiary alicyclic amines) is 1. The fourth-order valence-electron chi connectivity index (χ4n) is 2.76. The molecular weight excluding hydrogens is 405 g/mol. The predicted octanol–water partition coefficient (Wildman–Crippen LogP) is 1.36. The molecule has 2 N–H and O–H groups in total. The van der Waals surface area contributed by atoms with Gasteiger partial charge in [-0.25, -0.2) is 0 Å². The molecule has 0 unspecified atom stereocenters. The van der Waals surface area contributed by atoms with Crippen molar-refractivity contribution in [3.63, 3.8) is 0 Å². The Bertz CT molecular complexity index is 492. The molecule has 0 radical (unpaired) electrons. The summed E-state index contributed by atoms with van der Waals surface area (Å²) in [5, 5.41) is 14.7. The number of guanidine groups is 1. The van der Waals surface area contributed by atoms with Gasteiger partial charge in [0.1, 0.15) is 6.33 Å². The van der Waals surface area contributed by atoms with Crippen LogP contribution in [0.1, 0.15) is 38.9 Å². The summed E-state index contributed by atoms with van der Waals surface area (Å²) >= 11 is 0. The fraction of sp³-hybridized carbons (Fsp3) is 0.800. The van der Waals surface area contributed by atoms with E-state index in [1.54, 1.807) is 13.4 Å². The summed E-state index contributed by atoms with van der Waals surface area (Å²) in [6.45, 7) is 8.45. The maximum absolute atomic E-state index is 4.28. The van der Waals surface area contributed by atoms with Gasteiger partial charge >= 0.3 is 0 Å². The SMILES string of the molecule is CN=C(NCc1nncn1C)NCC(C)(C)N1CCCCC1.I. The van der Waals surface area contributed by atoms with Crippen molar-refractivity contribution in [3.8, 4) is 0 Å². The Labute approximate surface area is 156 Å². The lowest BCUT2D eigenvalue weighted by atomic mass is 9.98. The van der Waals surface area contributed by atoms with E-state index >= 15 is 0 Å². The van der Waals surface area contributed by atoms with Gasteiger partial charge in [0.25, 0.3) is 0 Å². The number of nitrogens with one attached hydrogen (secondary N) is 2. The van der Waals surface area contributed by atoms with Gasteiger partial charge in [0, 0.05) is 26.2 Å². The van der Waals surface area contributed by atoms with Crippen LogP contribution in [0, 0.1) is 0 Å². The molecule has 8 heteroatoms. The molecule has 0 saturated carbocycles. The Morgan fingerprint density at radius 1 is 1.26 bits per heavy atom. The second-order valence-electron chi connectivity index (χ2n) is 6.50. The standard InChI is InChI=1S/C15H29N7.HI/c1-15(2,22-8-6-5-7-9-22)11-18-14(16-3)17-10-13-20-19-12-21(13)4;/h12H,5-11H2,1-4H3,(H2,16,17,18);1H. The molecule has 0 atom stereocenters. The Hall–Kier alpha value is -0.900. The molecule has 1 aliphatic heterocycles. The highest BCUT2D eigenvalue weighted by Gasteiger charge is 2.27. The summed E-state index contributed by atoms with van der Waals surface area (Å²) in [7, 11) is 3.73. The third-order valence-corrected chi connectivity index (χ3v) is 4.34. The third-order valence-electron chi connectivity index (χ3n) is 4.34. The van der Waals surface area contributed by atoms with Crippen LogP contribution in [-0.4, -0.2) is 57.8 Å². The van der Waals surface area contributed by atoms with E-state index < -0.39 is 0 Å². The van der Waals surface area contributed by atoms with E-state index in [4.69, 9.17) is 0 Å². The monoisotopic (exact) mass is 435 g/mol. The average molecular weight is 435 g/mol. The summed E-state index contributed by atoms with van der Waals surface area (Å²) in [6, 6.07) is 0. The van der Waals surface area contributed by atoms with Gasteiger partial charge in [-0.2, -0.15) is 0 Å². The first-order chi connectivity index (χ1) is 10.5. The first-order valence-electron chi connectivity index (χ1n) is 8.05. The Kier molecular flexibility index (Phi) is 8.24. The molecule has 0 spiro atoms. The second kappa shape index (κ2) is 9.41. The summed E-state index contributed by atoms with van der Waals surface area (Å²) in [5.41, 5.74) is 0.128. The first kappa shape index (κ1) is 20.1. The molecule has 2 heterocycles. The van der Waals surface area contributed by atoms with Crippen LogP contribution in [0.5, 0.6) is 0 Å². The maximum Gasteiger partial charge on any atom is 0.191 e. The summed E-state index contributed by atoms with van der Waals surface area (Å²) in [4.78, 5) is 6.85. The summed E-state index contributed by atoms with van der Waals surface area (Å²) in [6.07, 6.45) is 5.68. The predicted molar refractivity (Wildman–Crippen MR) is 104 cm³/mol. The lowest BCUT2D eigenvalue weighted by molar-refractivity contribution is 0.0982. The van der Waals surface area contributed by atoms with Crippen LogP contribution in [0.15, 0.2) is 11.3 Å². The molecule has 0 aromatic carbocycles. The van der Waals surface area contributed by atoms with Crippen LogP contribution < -0.4 is 10.6 Å². The molecule has 132 valence electrons. The number of rotatable bonds is 5. The first-order valence-corrected chi connectivity index (χ1v) is 8.05. The zero-order chi connectivity index (χ0) is 16.0. The maximum atomic E-state index is 4.28. The average Bonchev–Trinajstić information content (AvgIpc) is 2.93. The molecule has 0 bridgehead atoms. The van der Waals surface area contributed by atoms with Gasteiger partial charge in [0.05, 0.1) is 6.54 Å². The minimum absolute atomic E-state index is 0. The number of aromatic nitrogens is 3. The molecule has 1 aromatic heterocycles. The largest absolute Gasteiger partial charge is 0.355 e. The highest BCUT2D eigenvalue weighted by Crippen LogP contribution is 2.19. The van der Waals surface area contributed by atoms with Gasteiger partial charge in [-0.15, -0.1) is 34.2 Å². The Morgan fingerprint density at radius 3 is 2.52 bits per heavy atom. The molecule has 2 rings (SSSR count). The van der Waals surface area contributed by atoms with Crippen LogP contribution in [0.3, 0.4) is 0 Å². The van der Waals surface area contributed by atoms with Gasteiger partial charge in [0.15, 0.2) is 11.8 Å². The highest BCUT2D eigenvalue weighted by atomic mass is 127. The number of halogens is 1. The van der Waals surface area contributed by atoms with E-state index in [0.29, 0.717) is 6.54 Å². The molecule has 0 aliphatic carbocycles. The van der Waals surface area contributed by atoms with E-state index in [9.17, 15) is 0 Å². The van der Waals surface area contributed by atoms with Gasteiger partial charge in [-0.1, -0.05) is 6.42 Å². The van der Waals surface area contributed by atoms with Crippen molar-refractivity contribution in [2.24, 2.45) is 12.0 Å². The normalized spacial score (nSPS) is 16.8. The van der Waals surface area contributed by atoms with Crippen LogP contribution >= 0.6 is 24.0 Å². The van der Waals surface area contributed by atoms with E-state index in [1.165, 1.54) is 32.4 Å². The molecule has 0 amide bonds. The number of nitrogens with zero attached hydrogens (tertiary/aromatic N) is 5. The van der Waals surface area contributed by atoms with Gasteiger partial charge in [0.2, 0.25) is 0 Å². The van der Waals surface area contributed by atoms with E-state index in [1.807, 2.05) is 11.6 Å². The lowest BCUT2D eigenvalue weighted by Gasteiger charge is -2.41. The summed E-state index contributed by atoms with van der Waals surface area (Å²) < 4.78 is 1.90. The molecule has 1 aromatic rings. The fourth-order valence-corrected chi connectivity index (χ4v) is 2.76. The van der Waals surface area contributed by atoms with E-state index in [-0.39, 0.29) is 29.5 Å². The number of aliphatic imine (C=N–C) groups is 1. The zero-order valence-electron chi connectivity index (χ0n) is 14.7. The van der Waals surface area contributed by atoms with Crippen LogP contribution in [-0.2, 0) is 13.6 Å². The van der Waals surface area contributed by atoms with Crippen molar-refractivity contribution in [3.05, 3.63) is 12.2 Å². The molecular formula is C15H30IN7. The summed E-state index contributed by atoms with van der Waals surface area (Å²) in [5.74, 6) is 1.69. The van der Waals surface area contributed by atoms with Gasteiger partial charge < -0.3 is 15.2 Å². The zero-order valence-corrected chi connectivity index (χ0v) is 17.0. The van der Waals surface area contributed by atoms with Crippen LogP contribution in [0.2, 0.25) is 0 Å². The molecule has 1 saturated heterocycles. The molecule has 23 heavy (non-hydrogen) atoms. The van der Waals surface area contributed by atoms with Crippen molar-refractivity contribution in [1.82, 2.24) is 30.3 Å². The van der Waals surface area contributed by atoms with Crippen LogP contribution in [0.25, 0.3) is 0 Å². The van der Waals surface area contributed by atoms with Crippen molar-refractivity contribution in [2.45, 2.75) is 45.2 Å². The van der Waals surface area contributed by atoms with Crippen molar-refractivity contribution in [2.75, 3.05) is 26.7 Å². The third kappa shape index (κ3) is 5.91. The van der Waals surface area contributed by atoms with Crippen LogP contribution in [0.4, 0.5) is 0 Å².